The van der Waals surface area contributed by atoms with Gasteiger partial charge in [0.15, 0.2) is 5.82 Å². The second-order valence-corrected chi connectivity index (χ2v) is 7.45. The van der Waals surface area contributed by atoms with Gasteiger partial charge in [-0.15, -0.1) is 5.10 Å². The monoisotopic (exact) mass is 379 g/mol. The first-order valence-corrected chi connectivity index (χ1v) is 9.69. The van der Waals surface area contributed by atoms with Crippen LogP contribution in [0.2, 0.25) is 0 Å². The lowest BCUT2D eigenvalue weighted by atomic mass is 9.91. The van der Waals surface area contributed by atoms with Crippen molar-refractivity contribution in [2.75, 3.05) is 5.32 Å². The largest absolute Gasteiger partial charge is 0.366 e. The number of rotatable bonds is 4. The Balaban J connectivity index is 1.49. The summed E-state index contributed by atoms with van der Waals surface area (Å²) in [6.07, 6.45) is 7.10. The molecule has 1 N–H and O–H groups in total. The molecular formula is C20H25N7O. The maximum Gasteiger partial charge on any atom is 0.267 e. The molecule has 0 bridgehead atoms. The molecule has 1 fully saturated rings. The van der Waals surface area contributed by atoms with E-state index in [2.05, 4.69) is 25.5 Å². The lowest BCUT2D eigenvalue weighted by molar-refractivity contribution is 0.302. The standard InChI is InChI=1S/C20H25N7O/c1-13-12-14(2)26(24-13)18-8-9-19(28)27(25-18)17-6-4-16(5-7-17)23-20-15(3)21-10-11-22-20/h8-12,16-17H,4-7H2,1-3H3,(H,22,23). The highest BCUT2D eigenvalue weighted by Gasteiger charge is 2.24. The molecule has 28 heavy (non-hydrogen) atoms. The van der Waals surface area contributed by atoms with Crippen molar-refractivity contribution in [1.29, 1.82) is 0 Å². The molecule has 0 spiro atoms. The molecule has 1 aliphatic rings. The molecule has 1 aliphatic carbocycles. The van der Waals surface area contributed by atoms with Gasteiger partial charge in [0.25, 0.3) is 5.56 Å². The average molecular weight is 379 g/mol. The molecule has 0 saturated heterocycles. The van der Waals surface area contributed by atoms with Crippen LogP contribution in [0.15, 0.2) is 35.4 Å². The summed E-state index contributed by atoms with van der Waals surface area (Å²) in [5.41, 5.74) is 2.77. The third-order valence-electron chi connectivity index (χ3n) is 5.30. The molecule has 0 aromatic carbocycles. The van der Waals surface area contributed by atoms with Gasteiger partial charge in [0.2, 0.25) is 0 Å². The Kier molecular flexibility index (Phi) is 4.93. The summed E-state index contributed by atoms with van der Waals surface area (Å²) in [7, 11) is 0. The van der Waals surface area contributed by atoms with E-state index in [0.29, 0.717) is 11.9 Å². The summed E-state index contributed by atoms with van der Waals surface area (Å²) in [5, 5.41) is 12.6. The highest BCUT2D eigenvalue weighted by Crippen LogP contribution is 2.29. The van der Waals surface area contributed by atoms with E-state index in [0.717, 1.165) is 48.6 Å². The zero-order valence-corrected chi connectivity index (χ0v) is 16.5. The first-order valence-electron chi connectivity index (χ1n) is 9.69. The van der Waals surface area contributed by atoms with Crippen LogP contribution in [0.1, 0.15) is 48.8 Å². The summed E-state index contributed by atoms with van der Waals surface area (Å²) < 4.78 is 3.42. The predicted octanol–water partition coefficient (Wildman–Crippen LogP) is 2.74. The Morgan fingerprint density at radius 1 is 1.00 bits per heavy atom. The van der Waals surface area contributed by atoms with Gasteiger partial charge in [0, 0.05) is 30.2 Å². The zero-order valence-electron chi connectivity index (χ0n) is 16.5. The Labute approximate surface area is 163 Å². The number of aromatic nitrogens is 6. The second kappa shape index (κ2) is 7.53. The lowest BCUT2D eigenvalue weighted by Crippen LogP contribution is -2.34. The van der Waals surface area contributed by atoms with Crippen molar-refractivity contribution in [3.8, 4) is 5.82 Å². The van der Waals surface area contributed by atoms with Gasteiger partial charge in [-0.3, -0.25) is 9.78 Å². The summed E-state index contributed by atoms with van der Waals surface area (Å²) in [6, 6.07) is 5.77. The van der Waals surface area contributed by atoms with Gasteiger partial charge in [-0.2, -0.15) is 5.10 Å². The quantitative estimate of drug-likeness (QED) is 0.750. The molecule has 3 aromatic rings. The maximum absolute atomic E-state index is 12.4. The number of nitrogens with one attached hydrogen (secondary N) is 1. The second-order valence-electron chi connectivity index (χ2n) is 7.45. The molecule has 3 aromatic heterocycles. The summed E-state index contributed by atoms with van der Waals surface area (Å²) >= 11 is 0. The minimum atomic E-state index is -0.0635. The Morgan fingerprint density at radius 2 is 1.75 bits per heavy atom. The minimum absolute atomic E-state index is 0.0635. The Bertz CT molecular complexity index is 1030. The van der Waals surface area contributed by atoms with Crippen LogP contribution in [0.25, 0.3) is 5.82 Å². The van der Waals surface area contributed by atoms with E-state index in [1.54, 1.807) is 33.9 Å². The van der Waals surface area contributed by atoms with E-state index in [1.807, 2.05) is 26.8 Å². The van der Waals surface area contributed by atoms with Crippen LogP contribution < -0.4 is 10.9 Å². The van der Waals surface area contributed by atoms with Gasteiger partial charge >= 0.3 is 0 Å². The molecule has 0 atom stereocenters. The zero-order chi connectivity index (χ0) is 19.7. The van der Waals surface area contributed by atoms with Gasteiger partial charge < -0.3 is 5.32 Å². The van der Waals surface area contributed by atoms with Crippen molar-refractivity contribution in [3.63, 3.8) is 0 Å². The summed E-state index contributed by atoms with van der Waals surface area (Å²) in [6.45, 7) is 5.89. The molecule has 8 heteroatoms. The van der Waals surface area contributed by atoms with E-state index < -0.39 is 0 Å². The van der Waals surface area contributed by atoms with Crippen LogP contribution in [0, 0.1) is 20.8 Å². The third kappa shape index (κ3) is 3.67. The van der Waals surface area contributed by atoms with Crippen molar-refractivity contribution in [3.05, 3.63) is 58.0 Å². The smallest absolute Gasteiger partial charge is 0.267 e. The molecule has 3 heterocycles. The number of anilines is 1. The Hall–Kier alpha value is -3.03. The van der Waals surface area contributed by atoms with E-state index in [4.69, 9.17) is 0 Å². The summed E-state index contributed by atoms with van der Waals surface area (Å²) in [5.74, 6) is 1.52. The van der Waals surface area contributed by atoms with E-state index in [-0.39, 0.29) is 11.6 Å². The number of aryl methyl sites for hydroxylation is 3. The normalized spacial score (nSPS) is 19.5. The van der Waals surface area contributed by atoms with Crippen LogP contribution in [0.5, 0.6) is 0 Å². The molecule has 4 rings (SSSR count). The fourth-order valence-electron chi connectivity index (χ4n) is 3.86. The van der Waals surface area contributed by atoms with Crippen LogP contribution in [-0.4, -0.2) is 35.6 Å². The molecule has 146 valence electrons. The van der Waals surface area contributed by atoms with Gasteiger partial charge in [-0.1, -0.05) is 0 Å². The van der Waals surface area contributed by atoms with Crippen LogP contribution in [0.4, 0.5) is 5.82 Å². The van der Waals surface area contributed by atoms with Gasteiger partial charge in [0.05, 0.1) is 17.4 Å². The summed E-state index contributed by atoms with van der Waals surface area (Å²) in [4.78, 5) is 21.1. The SMILES string of the molecule is Cc1cc(C)n(-c2ccc(=O)n(C3CCC(Nc4nccnc4C)CC3)n2)n1. The molecular weight excluding hydrogens is 354 g/mol. The molecule has 0 aliphatic heterocycles. The molecule has 1 saturated carbocycles. The molecule has 0 unspecified atom stereocenters. The van der Waals surface area contributed by atoms with Crippen LogP contribution in [0.3, 0.4) is 0 Å². The van der Waals surface area contributed by atoms with Crippen molar-refractivity contribution < 1.29 is 0 Å². The lowest BCUT2D eigenvalue weighted by Gasteiger charge is -2.30. The van der Waals surface area contributed by atoms with Gasteiger partial charge in [0.1, 0.15) is 5.82 Å². The van der Waals surface area contributed by atoms with Crippen molar-refractivity contribution in [2.24, 2.45) is 0 Å². The number of nitrogens with zero attached hydrogens (tertiary/aromatic N) is 6. The molecule has 8 nitrogen and oxygen atoms in total. The first-order chi connectivity index (χ1) is 13.5. The third-order valence-corrected chi connectivity index (χ3v) is 5.30. The maximum atomic E-state index is 12.4. The van der Waals surface area contributed by atoms with Gasteiger partial charge in [-0.05, 0) is 58.6 Å². The minimum Gasteiger partial charge on any atom is -0.366 e. The van der Waals surface area contributed by atoms with Crippen LogP contribution >= 0.6 is 0 Å². The van der Waals surface area contributed by atoms with Crippen molar-refractivity contribution in [2.45, 2.75) is 58.5 Å². The Morgan fingerprint density at radius 3 is 2.43 bits per heavy atom. The van der Waals surface area contributed by atoms with Gasteiger partial charge in [-0.25, -0.2) is 14.3 Å². The first kappa shape index (κ1) is 18.3. The van der Waals surface area contributed by atoms with Crippen molar-refractivity contribution in [1.82, 2.24) is 29.5 Å². The predicted molar refractivity (Wildman–Crippen MR) is 107 cm³/mol. The fraction of sp³-hybridized carbons (Fsp3) is 0.450. The van der Waals surface area contributed by atoms with E-state index >= 15 is 0 Å². The van der Waals surface area contributed by atoms with Crippen LogP contribution in [-0.2, 0) is 0 Å². The van der Waals surface area contributed by atoms with E-state index in [9.17, 15) is 4.79 Å². The van der Waals surface area contributed by atoms with Crippen molar-refractivity contribution >= 4 is 5.82 Å². The highest BCUT2D eigenvalue weighted by atomic mass is 16.1. The highest BCUT2D eigenvalue weighted by molar-refractivity contribution is 5.39. The average Bonchev–Trinajstić information content (AvgIpc) is 3.03. The van der Waals surface area contributed by atoms with E-state index in [1.165, 1.54) is 0 Å². The number of hydrogen-bond donors (Lipinski definition) is 1. The fourth-order valence-corrected chi connectivity index (χ4v) is 3.86. The topological polar surface area (TPSA) is 90.5 Å². The molecule has 0 amide bonds. The number of hydrogen-bond acceptors (Lipinski definition) is 6. The molecule has 0 radical (unpaired) electrons.